The number of hydrogen-bond donors (Lipinski definition) is 2. The van der Waals surface area contributed by atoms with E-state index in [9.17, 15) is 0 Å². The Labute approximate surface area is 214 Å². The first-order chi connectivity index (χ1) is 16.2. The summed E-state index contributed by atoms with van der Waals surface area (Å²) in [6.07, 6.45) is 32.4. The molecule has 0 radical (unpaired) electrons. The van der Waals surface area contributed by atoms with Gasteiger partial charge in [0.2, 0.25) is 0 Å². The Balaban J connectivity index is 3.58. The summed E-state index contributed by atoms with van der Waals surface area (Å²) in [6, 6.07) is 0. The topological polar surface area (TPSA) is 29.5 Å². The van der Waals surface area contributed by atoms with Crippen LogP contribution in [0.1, 0.15) is 168 Å². The summed E-state index contributed by atoms with van der Waals surface area (Å²) in [7, 11) is 0. The van der Waals surface area contributed by atoms with Gasteiger partial charge in [-0.2, -0.15) is 12.6 Å². The lowest BCUT2D eigenvalue weighted by atomic mass is 10.0. The first kappa shape index (κ1) is 33.3. The minimum absolute atomic E-state index is 0.361. The highest BCUT2D eigenvalue weighted by molar-refractivity contribution is 7.80. The molecule has 0 rings (SSSR count). The van der Waals surface area contributed by atoms with Gasteiger partial charge in [0.1, 0.15) is 0 Å². The molecule has 2 atom stereocenters. The van der Waals surface area contributed by atoms with Crippen molar-refractivity contribution in [2.24, 2.45) is 0 Å². The van der Waals surface area contributed by atoms with Crippen LogP contribution in [0.3, 0.4) is 0 Å². The van der Waals surface area contributed by atoms with Gasteiger partial charge in [-0.15, -0.1) is 0 Å². The van der Waals surface area contributed by atoms with Crippen LogP contribution < -0.4 is 0 Å². The average Bonchev–Trinajstić information content (AvgIpc) is 2.81. The van der Waals surface area contributed by atoms with Gasteiger partial charge in [-0.3, -0.25) is 0 Å². The zero-order chi connectivity index (χ0) is 24.2. The van der Waals surface area contributed by atoms with Crippen LogP contribution in [0.15, 0.2) is 0 Å². The highest BCUT2D eigenvalue weighted by atomic mass is 32.1. The Kier molecular flexibility index (Phi) is 28.7. The molecular weight excluding hydrogens is 424 g/mol. The molecule has 0 heterocycles. The molecule has 0 fully saturated rings. The van der Waals surface area contributed by atoms with Gasteiger partial charge in [-0.25, -0.2) is 0 Å². The third-order valence-electron chi connectivity index (χ3n) is 6.94. The zero-order valence-corrected chi connectivity index (χ0v) is 23.7. The molecule has 0 aliphatic rings. The Morgan fingerprint density at radius 2 is 0.970 bits per heavy atom. The monoisotopic (exact) mass is 486 g/mol. The van der Waals surface area contributed by atoms with E-state index in [0.717, 1.165) is 13.0 Å². The highest BCUT2D eigenvalue weighted by Crippen LogP contribution is 2.18. The van der Waals surface area contributed by atoms with Crippen molar-refractivity contribution in [3.8, 4) is 0 Å². The SMILES string of the molecule is CCCCCCCCCCCC(CCC(C)S)OCCCCCCCCCCCCCCO. The van der Waals surface area contributed by atoms with Crippen molar-refractivity contribution in [3.63, 3.8) is 0 Å². The van der Waals surface area contributed by atoms with Crippen LogP contribution in [0.25, 0.3) is 0 Å². The smallest absolute Gasteiger partial charge is 0.0575 e. The van der Waals surface area contributed by atoms with Crippen molar-refractivity contribution in [3.05, 3.63) is 0 Å². The molecule has 0 bridgehead atoms. The first-order valence-electron chi connectivity index (χ1n) is 15.1. The second-order valence-electron chi connectivity index (χ2n) is 10.5. The van der Waals surface area contributed by atoms with Gasteiger partial charge in [-0.1, -0.05) is 136 Å². The molecule has 2 unspecified atom stereocenters. The third-order valence-corrected chi connectivity index (χ3v) is 7.20. The van der Waals surface area contributed by atoms with E-state index in [0.29, 0.717) is 18.0 Å². The lowest BCUT2D eigenvalue weighted by Gasteiger charge is -2.19. The minimum atomic E-state index is 0.361. The second kappa shape index (κ2) is 28.5. The van der Waals surface area contributed by atoms with Crippen molar-refractivity contribution in [1.82, 2.24) is 0 Å². The number of thiol groups is 1. The fourth-order valence-corrected chi connectivity index (χ4v) is 4.80. The third kappa shape index (κ3) is 28.4. The van der Waals surface area contributed by atoms with Crippen LogP contribution in [0.4, 0.5) is 0 Å². The quantitative estimate of drug-likeness (QED) is 0.0850. The normalized spacial score (nSPS) is 13.5. The summed E-state index contributed by atoms with van der Waals surface area (Å²) >= 11 is 4.58. The van der Waals surface area contributed by atoms with Crippen LogP contribution in [0.2, 0.25) is 0 Å². The van der Waals surface area contributed by atoms with Gasteiger partial charge in [0.15, 0.2) is 0 Å². The van der Waals surface area contributed by atoms with Gasteiger partial charge in [0, 0.05) is 13.2 Å². The predicted octanol–water partition coefficient (Wildman–Crippen LogP) is 10.1. The van der Waals surface area contributed by atoms with E-state index in [1.54, 1.807) is 0 Å². The molecule has 33 heavy (non-hydrogen) atoms. The molecule has 0 aliphatic carbocycles. The van der Waals surface area contributed by atoms with Crippen LogP contribution in [-0.2, 0) is 4.74 Å². The van der Waals surface area contributed by atoms with E-state index in [1.807, 2.05) is 0 Å². The highest BCUT2D eigenvalue weighted by Gasteiger charge is 2.10. The maximum Gasteiger partial charge on any atom is 0.0575 e. The summed E-state index contributed by atoms with van der Waals surface area (Å²) in [5.41, 5.74) is 0. The van der Waals surface area contributed by atoms with Gasteiger partial charge in [0.05, 0.1) is 6.10 Å². The number of aliphatic hydroxyl groups excluding tert-OH is 1. The molecule has 200 valence electrons. The fraction of sp³-hybridized carbons (Fsp3) is 1.00. The van der Waals surface area contributed by atoms with Gasteiger partial charge in [0.25, 0.3) is 0 Å². The first-order valence-corrected chi connectivity index (χ1v) is 15.6. The van der Waals surface area contributed by atoms with E-state index in [1.165, 1.54) is 148 Å². The van der Waals surface area contributed by atoms with Gasteiger partial charge in [-0.05, 0) is 37.4 Å². The predicted molar refractivity (Wildman–Crippen MR) is 152 cm³/mol. The van der Waals surface area contributed by atoms with E-state index in [2.05, 4.69) is 26.5 Å². The summed E-state index contributed by atoms with van der Waals surface area (Å²) < 4.78 is 6.31. The number of aliphatic hydroxyl groups is 1. The molecular formula is C30H62O2S. The molecule has 0 saturated carbocycles. The van der Waals surface area contributed by atoms with Gasteiger partial charge < -0.3 is 9.84 Å². The van der Waals surface area contributed by atoms with E-state index in [4.69, 9.17) is 9.84 Å². The zero-order valence-electron chi connectivity index (χ0n) is 22.8. The molecule has 0 saturated heterocycles. The molecule has 0 spiro atoms. The molecule has 0 aromatic rings. The lowest BCUT2D eigenvalue weighted by Crippen LogP contribution is -2.15. The Hall–Kier alpha value is 0.270. The lowest BCUT2D eigenvalue weighted by molar-refractivity contribution is 0.0363. The largest absolute Gasteiger partial charge is 0.396 e. The number of rotatable bonds is 28. The summed E-state index contributed by atoms with van der Waals surface area (Å²) in [5, 5.41) is 9.28. The van der Waals surface area contributed by atoms with E-state index >= 15 is 0 Å². The van der Waals surface area contributed by atoms with Crippen molar-refractivity contribution >= 4 is 12.6 Å². The van der Waals surface area contributed by atoms with Crippen molar-refractivity contribution < 1.29 is 9.84 Å². The summed E-state index contributed by atoms with van der Waals surface area (Å²) in [6.45, 7) is 5.81. The summed E-state index contributed by atoms with van der Waals surface area (Å²) in [4.78, 5) is 0. The number of hydrogen-bond acceptors (Lipinski definition) is 3. The minimum Gasteiger partial charge on any atom is -0.396 e. The van der Waals surface area contributed by atoms with Crippen LogP contribution >= 0.6 is 12.6 Å². The molecule has 1 N–H and O–H groups in total. The van der Waals surface area contributed by atoms with Crippen LogP contribution in [0.5, 0.6) is 0 Å². The standard InChI is InChI=1S/C30H62O2S/c1-3-4-5-6-7-12-15-18-21-24-30(26-25-29(2)33)32-28-23-20-17-14-11-9-8-10-13-16-19-22-27-31/h29-31,33H,3-28H2,1-2H3. The molecule has 0 aliphatic heterocycles. The second-order valence-corrected chi connectivity index (χ2v) is 11.4. The average molecular weight is 487 g/mol. The van der Waals surface area contributed by atoms with E-state index < -0.39 is 0 Å². The van der Waals surface area contributed by atoms with Crippen LogP contribution in [-0.4, -0.2) is 29.7 Å². The molecule has 0 aromatic heterocycles. The fourth-order valence-electron chi connectivity index (χ4n) is 4.65. The number of unbranched alkanes of at least 4 members (excludes halogenated alkanes) is 19. The van der Waals surface area contributed by atoms with Gasteiger partial charge >= 0.3 is 0 Å². The van der Waals surface area contributed by atoms with E-state index in [-0.39, 0.29) is 0 Å². The Bertz CT molecular complexity index is 348. The summed E-state index contributed by atoms with van der Waals surface area (Å²) in [5.74, 6) is 0. The maximum absolute atomic E-state index is 8.79. The maximum atomic E-state index is 8.79. The Morgan fingerprint density at radius 3 is 1.42 bits per heavy atom. The number of ether oxygens (including phenoxy) is 1. The molecule has 3 heteroatoms. The molecule has 0 amide bonds. The van der Waals surface area contributed by atoms with Crippen molar-refractivity contribution in [1.29, 1.82) is 0 Å². The van der Waals surface area contributed by atoms with Crippen molar-refractivity contribution in [2.45, 2.75) is 179 Å². The van der Waals surface area contributed by atoms with Crippen molar-refractivity contribution in [2.75, 3.05) is 13.2 Å². The van der Waals surface area contributed by atoms with Crippen LogP contribution in [0, 0.1) is 0 Å². The Morgan fingerprint density at radius 1 is 0.545 bits per heavy atom. The molecule has 2 nitrogen and oxygen atoms in total. The molecule has 0 aromatic carbocycles.